The zero-order valence-electron chi connectivity index (χ0n) is 6.67. The first kappa shape index (κ1) is 9.21. The largest absolute Gasteiger partial charge is 0.296 e. The predicted octanol–water partition coefficient (Wildman–Crippen LogP) is 0.806. The maximum atomic E-state index is 11.4. The summed E-state index contributed by atoms with van der Waals surface area (Å²) in [6.07, 6.45) is 1.51. The molecule has 0 bridgehead atoms. The second-order valence-electron chi connectivity index (χ2n) is 2.08. The van der Waals surface area contributed by atoms with Gasteiger partial charge in [0.2, 0.25) is 0 Å². The first-order valence-electron chi connectivity index (χ1n) is 3.18. The normalized spacial score (nSPS) is 9.92. The highest BCUT2D eigenvalue weighted by Crippen LogP contribution is 2.13. The van der Waals surface area contributed by atoms with Gasteiger partial charge in [0.25, 0.3) is 5.91 Å². The van der Waals surface area contributed by atoms with Gasteiger partial charge in [-0.15, -0.1) is 0 Å². The average Bonchev–Trinajstić information content (AvgIpc) is 2.48. The van der Waals surface area contributed by atoms with Crippen molar-refractivity contribution in [3.8, 4) is 0 Å². The maximum absolute atomic E-state index is 11.4. The molecule has 12 heavy (non-hydrogen) atoms. The number of amides is 1. The third-order valence-corrected chi connectivity index (χ3v) is 1.97. The summed E-state index contributed by atoms with van der Waals surface area (Å²) in [4.78, 5) is 16.1. The van der Waals surface area contributed by atoms with Gasteiger partial charge in [-0.05, 0) is 15.9 Å². The van der Waals surface area contributed by atoms with Gasteiger partial charge in [-0.3, -0.25) is 14.7 Å². The third kappa shape index (κ3) is 1.64. The second-order valence-corrected chi connectivity index (χ2v) is 2.93. The summed E-state index contributed by atoms with van der Waals surface area (Å²) < 4.78 is 0.622. The SMILES string of the molecule is CON(C)C(=O)c1[nH]ncc1Br. The fourth-order valence-corrected chi connectivity index (χ4v) is 1.02. The molecule has 0 atom stereocenters. The molecule has 0 spiro atoms. The lowest BCUT2D eigenvalue weighted by Crippen LogP contribution is -2.25. The quantitative estimate of drug-likeness (QED) is 0.770. The zero-order valence-corrected chi connectivity index (χ0v) is 8.25. The molecule has 1 amide bonds. The summed E-state index contributed by atoms with van der Waals surface area (Å²) in [5, 5.41) is 7.35. The van der Waals surface area contributed by atoms with E-state index in [0.717, 1.165) is 5.06 Å². The van der Waals surface area contributed by atoms with Crippen molar-refractivity contribution in [3.63, 3.8) is 0 Å². The molecule has 5 nitrogen and oxygen atoms in total. The van der Waals surface area contributed by atoms with Crippen molar-refractivity contribution >= 4 is 21.8 Å². The highest BCUT2D eigenvalue weighted by Gasteiger charge is 2.15. The molecule has 0 fully saturated rings. The highest BCUT2D eigenvalue weighted by molar-refractivity contribution is 9.10. The van der Waals surface area contributed by atoms with Crippen molar-refractivity contribution in [2.24, 2.45) is 0 Å². The lowest BCUT2D eigenvalue weighted by molar-refractivity contribution is -0.0761. The summed E-state index contributed by atoms with van der Waals surface area (Å²) in [6, 6.07) is 0. The Balaban J connectivity index is 2.85. The molecule has 0 saturated heterocycles. The summed E-state index contributed by atoms with van der Waals surface area (Å²) in [7, 11) is 2.94. The average molecular weight is 234 g/mol. The van der Waals surface area contributed by atoms with Crippen LogP contribution in [0.15, 0.2) is 10.7 Å². The van der Waals surface area contributed by atoms with E-state index in [1.54, 1.807) is 0 Å². The van der Waals surface area contributed by atoms with Crippen molar-refractivity contribution in [2.45, 2.75) is 0 Å². The first-order valence-corrected chi connectivity index (χ1v) is 3.97. The minimum absolute atomic E-state index is 0.276. The van der Waals surface area contributed by atoms with E-state index in [0.29, 0.717) is 10.2 Å². The van der Waals surface area contributed by atoms with Crippen LogP contribution in [0.5, 0.6) is 0 Å². The van der Waals surface area contributed by atoms with Crippen LogP contribution in [-0.2, 0) is 4.84 Å². The molecule has 6 heteroatoms. The molecule has 0 radical (unpaired) electrons. The molecular formula is C6H8BrN3O2. The Hall–Kier alpha value is -0.880. The van der Waals surface area contributed by atoms with Crippen LogP contribution in [0.25, 0.3) is 0 Å². The number of halogens is 1. The van der Waals surface area contributed by atoms with Crippen LogP contribution < -0.4 is 0 Å². The summed E-state index contributed by atoms with van der Waals surface area (Å²) in [6.45, 7) is 0. The van der Waals surface area contributed by atoms with Gasteiger partial charge >= 0.3 is 0 Å². The molecule has 1 N–H and O–H groups in total. The monoisotopic (exact) mass is 233 g/mol. The molecule has 0 aromatic carbocycles. The smallest absolute Gasteiger partial charge is 0.274 e. The Morgan fingerprint density at radius 2 is 2.50 bits per heavy atom. The number of aromatic amines is 1. The Kier molecular flexibility index (Phi) is 2.83. The fraction of sp³-hybridized carbons (Fsp3) is 0.333. The van der Waals surface area contributed by atoms with Crippen molar-refractivity contribution in [1.82, 2.24) is 15.3 Å². The standard InChI is InChI=1S/C6H8BrN3O2/c1-10(12-2)6(11)5-4(7)3-8-9-5/h3H,1-2H3,(H,8,9). The van der Waals surface area contributed by atoms with Gasteiger partial charge in [0, 0.05) is 7.05 Å². The number of aromatic nitrogens is 2. The molecule has 0 aliphatic carbocycles. The number of hydroxylamine groups is 2. The van der Waals surface area contributed by atoms with Crippen molar-refractivity contribution in [3.05, 3.63) is 16.4 Å². The number of H-pyrrole nitrogens is 1. The number of nitrogens with zero attached hydrogens (tertiary/aromatic N) is 2. The van der Waals surface area contributed by atoms with Crippen LogP contribution in [0.1, 0.15) is 10.5 Å². The zero-order chi connectivity index (χ0) is 9.14. The summed E-state index contributed by atoms with van der Waals surface area (Å²) in [5.41, 5.74) is 0.374. The maximum Gasteiger partial charge on any atom is 0.296 e. The van der Waals surface area contributed by atoms with Gasteiger partial charge in [-0.1, -0.05) is 0 Å². The van der Waals surface area contributed by atoms with Crippen LogP contribution in [0, 0.1) is 0 Å². The molecule has 0 aliphatic heterocycles. The van der Waals surface area contributed by atoms with Crippen LogP contribution in [0.2, 0.25) is 0 Å². The lowest BCUT2D eigenvalue weighted by atomic mass is 10.4. The molecule has 0 saturated carbocycles. The van der Waals surface area contributed by atoms with Gasteiger partial charge < -0.3 is 0 Å². The summed E-state index contributed by atoms with van der Waals surface area (Å²) in [5.74, 6) is -0.276. The minimum Gasteiger partial charge on any atom is -0.274 e. The van der Waals surface area contributed by atoms with E-state index in [1.807, 2.05) is 0 Å². The molecular weight excluding hydrogens is 226 g/mol. The molecule has 1 aromatic rings. The number of carbonyl (C=O) groups is 1. The number of hydrogen-bond donors (Lipinski definition) is 1. The fourth-order valence-electron chi connectivity index (χ4n) is 0.662. The van der Waals surface area contributed by atoms with Crippen LogP contribution >= 0.6 is 15.9 Å². The van der Waals surface area contributed by atoms with Gasteiger partial charge in [-0.2, -0.15) is 5.10 Å². The Morgan fingerprint density at radius 1 is 1.83 bits per heavy atom. The molecule has 66 valence electrons. The highest BCUT2D eigenvalue weighted by atomic mass is 79.9. The minimum atomic E-state index is -0.276. The number of rotatable bonds is 2. The third-order valence-electron chi connectivity index (χ3n) is 1.37. The number of hydrogen-bond acceptors (Lipinski definition) is 3. The Morgan fingerprint density at radius 3 is 2.92 bits per heavy atom. The Bertz CT molecular complexity index is 286. The van der Waals surface area contributed by atoms with E-state index in [-0.39, 0.29) is 5.91 Å². The van der Waals surface area contributed by atoms with Crippen molar-refractivity contribution in [2.75, 3.05) is 14.2 Å². The van der Waals surface area contributed by atoms with Crippen molar-refractivity contribution < 1.29 is 9.63 Å². The van der Waals surface area contributed by atoms with Crippen LogP contribution in [0.3, 0.4) is 0 Å². The van der Waals surface area contributed by atoms with Crippen molar-refractivity contribution in [1.29, 1.82) is 0 Å². The van der Waals surface area contributed by atoms with E-state index < -0.39 is 0 Å². The first-order chi connectivity index (χ1) is 5.66. The van der Waals surface area contributed by atoms with E-state index in [9.17, 15) is 4.79 Å². The van der Waals surface area contributed by atoms with Gasteiger partial charge in [0.1, 0.15) is 5.69 Å². The van der Waals surface area contributed by atoms with Crippen LogP contribution in [0.4, 0.5) is 0 Å². The second kappa shape index (κ2) is 3.68. The predicted molar refractivity (Wildman–Crippen MR) is 45.4 cm³/mol. The topological polar surface area (TPSA) is 58.2 Å². The van der Waals surface area contributed by atoms with E-state index in [4.69, 9.17) is 4.84 Å². The van der Waals surface area contributed by atoms with Crippen LogP contribution in [-0.4, -0.2) is 35.3 Å². The molecule has 1 heterocycles. The van der Waals surface area contributed by atoms with E-state index in [2.05, 4.69) is 26.1 Å². The number of carbonyl (C=O) groups excluding carboxylic acids is 1. The van der Waals surface area contributed by atoms with E-state index in [1.165, 1.54) is 20.4 Å². The molecule has 0 aliphatic rings. The van der Waals surface area contributed by atoms with Gasteiger partial charge in [-0.25, -0.2) is 5.06 Å². The lowest BCUT2D eigenvalue weighted by Gasteiger charge is -2.11. The summed E-state index contributed by atoms with van der Waals surface area (Å²) >= 11 is 3.17. The van der Waals surface area contributed by atoms with Gasteiger partial charge in [0.05, 0.1) is 17.8 Å². The van der Waals surface area contributed by atoms with Gasteiger partial charge in [0.15, 0.2) is 0 Å². The number of nitrogens with one attached hydrogen (secondary N) is 1. The Labute approximate surface area is 77.8 Å². The molecule has 0 unspecified atom stereocenters. The molecule has 1 aromatic heterocycles. The molecule has 1 rings (SSSR count). The van der Waals surface area contributed by atoms with E-state index >= 15 is 0 Å².